The van der Waals surface area contributed by atoms with E-state index in [1.54, 1.807) is 0 Å². The molecule has 2 aromatic rings. The molecule has 1 heterocycles. The van der Waals surface area contributed by atoms with Crippen molar-refractivity contribution in [1.29, 1.82) is 0 Å². The molecule has 0 aliphatic carbocycles. The predicted octanol–water partition coefficient (Wildman–Crippen LogP) is 2.07. The molecule has 2 N–H and O–H groups in total. The third-order valence-corrected chi connectivity index (χ3v) is 3.76. The van der Waals surface area contributed by atoms with E-state index in [2.05, 4.69) is 10.6 Å². The van der Waals surface area contributed by atoms with E-state index >= 15 is 0 Å². The Labute approximate surface area is 128 Å². The Morgan fingerprint density at radius 3 is 2.73 bits per heavy atom. The van der Waals surface area contributed by atoms with Crippen LogP contribution in [0.25, 0.3) is 10.8 Å². The summed E-state index contributed by atoms with van der Waals surface area (Å²) in [4.78, 5) is 23.2. The number of carbonyl (C=O) groups excluding carboxylic acids is 2. The second kappa shape index (κ2) is 6.15. The van der Waals surface area contributed by atoms with E-state index in [0.717, 1.165) is 16.5 Å². The number of benzene rings is 2. The maximum Gasteiger partial charge on any atom is 0.302 e. The molecule has 1 amide bonds. The quantitative estimate of drug-likeness (QED) is 0.851. The summed E-state index contributed by atoms with van der Waals surface area (Å²) in [6.45, 7) is 1.89. The molecule has 1 aliphatic heterocycles. The molecule has 3 rings (SSSR count). The van der Waals surface area contributed by atoms with Gasteiger partial charge in [0.2, 0.25) is 5.91 Å². The van der Waals surface area contributed by atoms with Crippen molar-refractivity contribution in [2.75, 3.05) is 11.9 Å². The highest BCUT2D eigenvalue weighted by Crippen LogP contribution is 2.20. The van der Waals surface area contributed by atoms with Crippen LogP contribution < -0.4 is 10.6 Å². The lowest BCUT2D eigenvalue weighted by molar-refractivity contribution is -0.145. The largest absolute Gasteiger partial charge is 0.461 e. The third kappa shape index (κ3) is 3.26. The molecule has 5 nitrogen and oxygen atoms in total. The van der Waals surface area contributed by atoms with Crippen LogP contribution in [0.4, 0.5) is 5.69 Å². The molecule has 2 atom stereocenters. The van der Waals surface area contributed by atoms with E-state index in [-0.39, 0.29) is 24.0 Å². The highest BCUT2D eigenvalue weighted by Gasteiger charge is 2.31. The van der Waals surface area contributed by atoms with Crippen LogP contribution in [0.5, 0.6) is 0 Å². The number of hydrogen-bond donors (Lipinski definition) is 2. The van der Waals surface area contributed by atoms with E-state index in [1.165, 1.54) is 6.92 Å². The van der Waals surface area contributed by atoms with Crippen molar-refractivity contribution in [3.05, 3.63) is 42.5 Å². The zero-order chi connectivity index (χ0) is 15.5. The normalized spacial score (nSPS) is 20.8. The van der Waals surface area contributed by atoms with Crippen molar-refractivity contribution in [3.8, 4) is 0 Å². The molecule has 0 aromatic heterocycles. The number of anilines is 1. The summed E-state index contributed by atoms with van der Waals surface area (Å²) in [6.07, 6.45) is 0.267. The van der Waals surface area contributed by atoms with Gasteiger partial charge in [0, 0.05) is 25.6 Å². The van der Waals surface area contributed by atoms with Gasteiger partial charge in [0.25, 0.3) is 0 Å². The summed E-state index contributed by atoms with van der Waals surface area (Å²) in [5.74, 6) is -0.424. The molecule has 0 radical (unpaired) electrons. The predicted molar refractivity (Wildman–Crippen MR) is 84.5 cm³/mol. The number of fused-ring (bicyclic) bond motifs is 1. The number of nitrogens with one attached hydrogen (secondary N) is 2. The fourth-order valence-corrected chi connectivity index (χ4v) is 2.72. The van der Waals surface area contributed by atoms with Crippen molar-refractivity contribution in [1.82, 2.24) is 5.32 Å². The van der Waals surface area contributed by atoms with Crippen LogP contribution in [-0.4, -0.2) is 30.6 Å². The number of rotatable bonds is 3. The van der Waals surface area contributed by atoms with Crippen LogP contribution in [0, 0.1) is 0 Å². The number of carbonyl (C=O) groups is 2. The standard InChI is InChI=1S/C17H18N2O3/c1-11(20)22-15-9-16(18-10-15)17(21)19-14-7-6-12-4-2-3-5-13(12)8-14/h2-8,15-16,18H,9-10H2,1H3,(H,19,21)/t15?,16-/m0/s1. The average molecular weight is 298 g/mol. The second-order valence-corrected chi connectivity index (χ2v) is 5.48. The summed E-state index contributed by atoms with van der Waals surface area (Å²) in [5.41, 5.74) is 0.765. The van der Waals surface area contributed by atoms with Crippen molar-refractivity contribution in [2.24, 2.45) is 0 Å². The van der Waals surface area contributed by atoms with Gasteiger partial charge in [0.1, 0.15) is 6.10 Å². The van der Waals surface area contributed by atoms with E-state index in [1.807, 2.05) is 42.5 Å². The van der Waals surface area contributed by atoms with Crippen molar-refractivity contribution in [3.63, 3.8) is 0 Å². The van der Waals surface area contributed by atoms with Gasteiger partial charge < -0.3 is 15.4 Å². The van der Waals surface area contributed by atoms with E-state index in [0.29, 0.717) is 13.0 Å². The summed E-state index contributed by atoms with van der Waals surface area (Å²) >= 11 is 0. The van der Waals surface area contributed by atoms with Gasteiger partial charge in [-0.1, -0.05) is 30.3 Å². The second-order valence-electron chi connectivity index (χ2n) is 5.48. The van der Waals surface area contributed by atoms with Crippen LogP contribution in [0.2, 0.25) is 0 Å². The van der Waals surface area contributed by atoms with Crippen molar-refractivity contribution in [2.45, 2.75) is 25.5 Å². The molecule has 1 fully saturated rings. The van der Waals surface area contributed by atoms with Crippen molar-refractivity contribution < 1.29 is 14.3 Å². The van der Waals surface area contributed by atoms with E-state index in [4.69, 9.17) is 4.74 Å². The van der Waals surface area contributed by atoms with Crippen LogP contribution in [0.15, 0.2) is 42.5 Å². The molecule has 0 saturated carbocycles. The molecule has 22 heavy (non-hydrogen) atoms. The fraction of sp³-hybridized carbons (Fsp3) is 0.294. The van der Waals surface area contributed by atoms with Crippen LogP contribution in [0.3, 0.4) is 0 Å². The first-order valence-electron chi connectivity index (χ1n) is 7.32. The lowest BCUT2D eigenvalue weighted by atomic mass is 10.1. The number of hydrogen-bond acceptors (Lipinski definition) is 4. The molecule has 0 spiro atoms. The first-order valence-corrected chi connectivity index (χ1v) is 7.32. The molecule has 114 valence electrons. The molecule has 0 bridgehead atoms. The highest BCUT2D eigenvalue weighted by atomic mass is 16.5. The molecule has 5 heteroatoms. The molecule has 2 aromatic carbocycles. The van der Waals surface area contributed by atoms with Gasteiger partial charge in [-0.2, -0.15) is 0 Å². The SMILES string of the molecule is CC(=O)OC1CN[C@H](C(=O)Nc2ccc3ccccc3c2)C1. The monoisotopic (exact) mass is 298 g/mol. The van der Waals surface area contributed by atoms with Gasteiger partial charge >= 0.3 is 5.97 Å². The molecule has 1 unspecified atom stereocenters. The lowest BCUT2D eigenvalue weighted by Crippen LogP contribution is -2.35. The number of esters is 1. The maximum atomic E-state index is 12.3. The zero-order valence-electron chi connectivity index (χ0n) is 12.3. The Kier molecular flexibility index (Phi) is 4.06. The smallest absolute Gasteiger partial charge is 0.302 e. The van der Waals surface area contributed by atoms with Crippen LogP contribution in [-0.2, 0) is 14.3 Å². The molecular formula is C17H18N2O3. The third-order valence-electron chi connectivity index (χ3n) is 3.76. The molecule has 1 saturated heterocycles. The Morgan fingerprint density at radius 1 is 1.18 bits per heavy atom. The zero-order valence-corrected chi connectivity index (χ0v) is 12.3. The summed E-state index contributed by atoms with van der Waals surface area (Å²) in [6, 6.07) is 13.5. The number of ether oxygens (including phenoxy) is 1. The van der Waals surface area contributed by atoms with Gasteiger partial charge in [-0.15, -0.1) is 0 Å². The summed E-state index contributed by atoms with van der Waals surface area (Å²) in [5, 5.41) is 8.20. The summed E-state index contributed by atoms with van der Waals surface area (Å²) < 4.78 is 5.12. The lowest BCUT2D eigenvalue weighted by Gasteiger charge is -2.12. The van der Waals surface area contributed by atoms with Gasteiger partial charge in [-0.3, -0.25) is 9.59 Å². The van der Waals surface area contributed by atoms with Gasteiger partial charge in [0.15, 0.2) is 0 Å². The fourth-order valence-electron chi connectivity index (χ4n) is 2.72. The Morgan fingerprint density at radius 2 is 1.95 bits per heavy atom. The van der Waals surface area contributed by atoms with Crippen LogP contribution in [0.1, 0.15) is 13.3 Å². The van der Waals surface area contributed by atoms with Gasteiger partial charge in [-0.25, -0.2) is 0 Å². The van der Waals surface area contributed by atoms with Crippen LogP contribution >= 0.6 is 0 Å². The Balaban J connectivity index is 1.64. The minimum atomic E-state index is -0.337. The topological polar surface area (TPSA) is 67.4 Å². The van der Waals surface area contributed by atoms with E-state index in [9.17, 15) is 9.59 Å². The Hall–Kier alpha value is -2.40. The minimum absolute atomic E-state index is 0.107. The summed E-state index contributed by atoms with van der Waals surface area (Å²) in [7, 11) is 0. The van der Waals surface area contributed by atoms with Gasteiger partial charge in [-0.05, 0) is 22.9 Å². The first kappa shape index (κ1) is 14.5. The van der Waals surface area contributed by atoms with Gasteiger partial charge in [0.05, 0.1) is 6.04 Å². The highest BCUT2D eigenvalue weighted by molar-refractivity contribution is 5.97. The minimum Gasteiger partial charge on any atom is -0.461 e. The molecule has 1 aliphatic rings. The van der Waals surface area contributed by atoms with Crippen molar-refractivity contribution >= 4 is 28.3 Å². The average Bonchev–Trinajstić information content (AvgIpc) is 2.95. The number of amides is 1. The maximum absolute atomic E-state index is 12.3. The molecular weight excluding hydrogens is 280 g/mol. The Bertz CT molecular complexity index is 714. The van der Waals surface area contributed by atoms with E-state index < -0.39 is 0 Å². The first-order chi connectivity index (χ1) is 10.6.